The van der Waals surface area contributed by atoms with Crippen molar-refractivity contribution in [1.82, 2.24) is 20.3 Å². The molecule has 2 aromatic heterocycles. The van der Waals surface area contributed by atoms with Crippen molar-refractivity contribution < 1.29 is 14.7 Å². The molecule has 0 saturated carbocycles. The molecular weight excluding hydrogens is 543 g/mol. The van der Waals surface area contributed by atoms with Crippen LogP contribution in [0.25, 0.3) is 11.0 Å². The highest BCUT2D eigenvalue weighted by Gasteiger charge is 2.21. The molecule has 2 amide bonds. The second kappa shape index (κ2) is 11.4. The number of fused-ring (bicyclic) bond motifs is 1. The molecule has 0 spiro atoms. The van der Waals surface area contributed by atoms with Crippen molar-refractivity contribution in [2.45, 2.75) is 25.5 Å². The Morgan fingerprint density at radius 3 is 2.64 bits per heavy atom. The van der Waals surface area contributed by atoms with Gasteiger partial charge in [0.15, 0.2) is 0 Å². The minimum absolute atomic E-state index is 0.160. The average molecular weight is 567 g/mol. The van der Waals surface area contributed by atoms with Gasteiger partial charge in [-0.1, -0.05) is 35.3 Å². The molecule has 0 bridgehead atoms. The molecule has 200 valence electrons. The summed E-state index contributed by atoms with van der Waals surface area (Å²) in [6.45, 7) is 1.48. The zero-order chi connectivity index (χ0) is 27.5. The summed E-state index contributed by atoms with van der Waals surface area (Å²) < 4.78 is 0. The number of pyridine rings is 1. The summed E-state index contributed by atoms with van der Waals surface area (Å²) in [6, 6.07) is 13.0. The fourth-order valence-corrected chi connectivity index (χ4v) is 4.63. The van der Waals surface area contributed by atoms with Gasteiger partial charge in [-0.2, -0.15) is 4.98 Å². The van der Waals surface area contributed by atoms with Crippen molar-refractivity contribution in [3.8, 4) is 0 Å². The maximum atomic E-state index is 13.0. The van der Waals surface area contributed by atoms with Crippen molar-refractivity contribution in [3.05, 3.63) is 91.8 Å². The van der Waals surface area contributed by atoms with Gasteiger partial charge in [-0.3, -0.25) is 14.4 Å². The number of rotatable bonds is 6. The van der Waals surface area contributed by atoms with Crippen LogP contribution in [0, 0.1) is 0 Å². The lowest BCUT2D eigenvalue weighted by Crippen LogP contribution is -2.36. The van der Waals surface area contributed by atoms with Crippen LogP contribution in [0.3, 0.4) is 0 Å². The third-order valence-electron chi connectivity index (χ3n) is 6.39. The van der Waals surface area contributed by atoms with Gasteiger partial charge in [0.05, 0.1) is 16.8 Å². The molecule has 1 saturated heterocycles. The average Bonchev–Trinajstić information content (AvgIpc) is 2.92. The van der Waals surface area contributed by atoms with E-state index in [4.69, 9.17) is 23.2 Å². The Kier molecular flexibility index (Phi) is 7.78. The van der Waals surface area contributed by atoms with Gasteiger partial charge in [0.2, 0.25) is 5.95 Å². The fraction of sp³-hybridized carbons (Fsp3) is 0.222. The zero-order valence-corrected chi connectivity index (χ0v) is 22.1. The van der Waals surface area contributed by atoms with E-state index in [0.29, 0.717) is 47.9 Å². The number of aromatic amines is 1. The van der Waals surface area contributed by atoms with Crippen molar-refractivity contribution >= 4 is 57.7 Å². The minimum Gasteiger partial charge on any atom is -0.393 e. The van der Waals surface area contributed by atoms with E-state index < -0.39 is 11.5 Å². The molecule has 10 nitrogen and oxygen atoms in total. The molecule has 1 fully saturated rings. The summed E-state index contributed by atoms with van der Waals surface area (Å²) in [4.78, 5) is 51.9. The third kappa shape index (κ3) is 6.19. The van der Waals surface area contributed by atoms with Crippen LogP contribution in [0.2, 0.25) is 10.0 Å². The number of hydrogen-bond acceptors (Lipinski definition) is 7. The van der Waals surface area contributed by atoms with Gasteiger partial charge in [-0.25, -0.2) is 4.98 Å². The lowest BCUT2D eigenvalue weighted by atomic mass is 10.1. The monoisotopic (exact) mass is 566 g/mol. The highest BCUT2D eigenvalue weighted by atomic mass is 35.5. The number of anilines is 2. The smallest absolute Gasteiger partial charge is 0.262 e. The lowest BCUT2D eigenvalue weighted by Gasteiger charge is -2.29. The first-order valence-corrected chi connectivity index (χ1v) is 13.0. The van der Waals surface area contributed by atoms with Crippen LogP contribution in [-0.2, 0) is 6.54 Å². The van der Waals surface area contributed by atoms with Gasteiger partial charge in [0.25, 0.3) is 17.4 Å². The molecule has 4 N–H and O–H groups in total. The molecule has 4 aromatic rings. The second-order valence-electron chi connectivity index (χ2n) is 9.17. The Labute approximate surface area is 233 Å². The molecule has 1 aliphatic rings. The number of nitrogens with zero attached hydrogens (tertiary/aromatic N) is 3. The van der Waals surface area contributed by atoms with Crippen LogP contribution >= 0.6 is 23.2 Å². The van der Waals surface area contributed by atoms with Gasteiger partial charge in [-0.15, -0.1) is 0 Å². The van der Waals surface area contributed by atoms with Gasteiger partial charge in [0, 0.05) is 41.8 Å². The van der Waals surface area contributed by atoms with E-state index >= 15 is 0 Å². The maximum absolute atomic E-state index is 13.0. The molecule has 3 heterocycles. The molecule has 2 aromatic carbocycles. The first kappa shape index (κ1) is 26.6. The number of piperidine rings is 1. The maximum Gasteiger partial charge on any atom is 0.262 e. The Bertz CT molecular complexity index is 1620. The van der Waals surface area contributed by atoms with Crippen molar-refractivity contribution in [1.29, 1.82) is 0 Å². The Hall–Kier alpha value is -3.99. The molecule has 0 aliphatic carbocycles. The quantitative estimate of drug-likeness (QED) is 0.278. The molecular formula is C27H24Cl2N6O4. The number of aliphatic hydroxyl groups is 1. The van der Waals surface area contributed by atoms with E-state index in [9.17, 15) is 19.5 Å². The number of aromatic nitrogens is 3. The van der Waals surface area contributed by atoms with E-state index in [-0.39, 0.29) is 40.4 Å². The van der Waals surface area contributed by atoms with Crippen LogP contribution in [0.4, 0.5) is 11.6 Å². The predicted octanol–water partition coefficient (Wildman–Crippen LogP) is 3.77. The number of nitrogens with one attached hydrogen (secondary N) is 3. The summed E-state index contributed by atoms with van der Waals surface area (Å²) in [6.07, 6.45) is 2.43. The van der Waals surface area contributed by atoms with Crippen LogP contribution in [-0.4, -0.2) is 51.1 Å². The summed E-state index contributed by atoms with van der Waals surface area (Å²) in [7, 11) is 0. The largest absolute Gasteiger partial charge is 0.393 e. The van der Waals surface area contributed by atoms with Crippen LogP contribution < -0.4 is 21.1 Å². The molecule has 0 unspecified atom stereocenters. The summed E-state index contributed by atoms with van der Waals surface area (Å²) in [5, 5.41) is 16.4. The van der Waals surface area contributed by atoms with E-state index in [1.54, 1.807) is 18.2 Å². The summed E-state index contributed by atoms with van der Waals surface area (Å²) in [5.41, 5.74) is 0.784. The molecule has 5 rings (SSSR count). The second-order valence-corrected chi connectivity index (χ2v) is 10.0. The van der Waals surface area contributed by atoms with Crippen LogP contribution in [0.5, 0.6) is 0 Å². The van der Waals surface area contributed by atoms with Crippen molar-refractivity contribution in [2.75, 3.05) is 23.3 Å². The molecule has 0 radical (unpaired) electrons. The topological polar surface area (TPSA) is 140 Å². The van der Waals surface area contributed by atoms with Crippen molar-refractivity contribution in [2.24, 2.45) is 0 Å². The lowest BCUT2D eigenvalue weighted by molar-refractivity contribution is 0.0949. The van der Waals surface area contributed by atoms with Gasteiger partial charge < -0.3 is 25.6 Å². The standard InChI is InChI=1S/C27H24Cl2N6O4/c28-18-3-1-2-15(10-18)13-30-24(37)16-4-5-21(29)22(12-16)32-25(38)20-11-17-14-31-27(34-23(17)33-26(20)39)35-8-6-19(36)7-9-35/h1-5,10-12,14,19,36H,6-9,13H2,(H,30,37)(H,32,38)(H,31,33,34,39). The number of hydrogen-bond donors (Lipinski definition) is 4. The normalized spacial score (nSPS) is 13.9. The number of H-pyrrole nitrogens is 1. The van der Waals surface area contributed by atoms with Gasteiger partial charge >= 0.3 is 0 Å². The Morgan fingerprint density at radius 2 is 1.87 bits per heavy atom. The number of carbonyl (C=O) groups excluding carboxylic acids is 2. The molecule has 12 heteroatoms. The summed E-state index contributed by atoms with van der Waals surface area (Å²) in [5.74, 6) is -0.632. The zero-order valence-electron chi connectivity index (χ0n) is 20.6. The summed E-state index contributed by atoms with van der Waals surface area (Å²) >= 11 is 12.3. The van der Waals surface area contributed by atoms with E-state index in [0.717, 1.165) is 5.56 Å². The van der Waals surface area contributed by atoms with E-state index in [1.165, 1.54) is 30.5 Å². The molecule has 0 atom stereocenters. The van der Waals surface area contributed by atoms with Crippen molar-refractivity contribution in [3.63, 3.8) is 0 Å². The number of amides is 2. The van der Waals surface area contributed by atoms with Gasteiger partial charge in [-0.05, 0) is 54.8 Å². The highest BCUT2D eigenvalue weighted by Crippen LogP contribution is 2.24. The number of benzene rings is 2. The van der Waals surface area contributed by atoms with Gasteiger partial charge in [0.1, 0.15) is 11.2 Å². The van der Waals surface area contributed by atoms with E-state index in [2.05, 4.69) is 25.6 Å². The van der Waals surface area contributed by atoms with Crippen LogP contribution in [0.15, 0.2) is 59.5 Å². The first-order chi connectivity index (χ1) is 18.8. The third-order valence-corrected chi connectivity index (χ3v) is 6.96. The number of carbonyl (C=O) groups is 2. The fourth-order valence-electron chi connectivity index (χ4n) is 4.25. The molecule has 39 heavy (non-hydrogen) atoms. The highest BCUT2D eigenvalue weighted by molar-refractivity contribution is 6.34. The van der Waals surface area contributed by atoms with Crippen LogP contribution in [0.1, 0.15) is 39.1 Å². The SMILES string of the molecule is O=C(NCc1cccc(Cl)c1)c1ccc(Cl)c(NC(=O)c2cc3cnc(N4CCC(O)CC4)nc3[nH]c2=O)c1. The predicted molar refractivity (Wildman–Crippen MR) is 150 cm³/mol. The Balaban J connectivity index is 1.31. The number of halogens is 2. The van der Waals surface area contributed by atoms with E-state index in [1.807, 2.05) is 11.0 Å². The molecule has 1 aliphatic heterocycles. The minimum atomic E-state index is -0.703. The Morgan fingerprint density at radius 1 is 1.08 bits per heavy atom. The number of aliphatic hydroxyl groups excluding tert-OH is 1. The first-order valence-electron chi connectivity index (χ1n) is 12.2.